The lowest BCUT2D eigenvalue weighted by Crippen LogP contribution is -2.09. The minimum Gasteiger partial charge on any atom is -0.397 e. The molecule has 1 aromatic carbocycles. The number of para-hydroxylation sites is 1. The summed E-state index contributed by atoms with van der Waals surface area (Å²) < 4.78 is 0. The van der Waals surface area contributed by atoms with Crippen molar-refractivity contribution >= 4 is 38.1 Å². The molecule has 0 fully saturated rings. The molecule has 0 amide bonds. The van der Waals surface area contributed by atoms with Crippen LogP contribution in [-0.2, 0) is 0 Å². The van der Waals surface area contributed by atoms with Gasteiger partial charge in [-0.25, -0.2) is 9.97 Å². The van der Waals surface area contributed by atoms with E-state index in [9.17, 15) is 4.79 Å². The first kappa shape index (κ1) is 12.0. The molecule has 102 valence electrons. The Balaban J connectivity index is 2.04. The number of benzene rings is 1. The Hall–Kier alpha value is -2.73. The van der Waals surface area contributed by atoms with Crippen molar-refractivity contribution in [1.82, 2.24) is 15.0 Å². The van der Waals surface area contributed by atoms with Gasteiger partial charge in [-0.3, -0.25) is 4.79 Å². The van der Waals surface area contributed by atoms with Crippen LogP contribution < -0.4 is 11.3 Å². The third-order valence-electron chi connectivity index (χ3n) is 3.33. The van der Waals surface area contributed by atoms with E-state index >= 15 is 0 Å². The smallest absolute Gasteiger partial charge is 0.259 e. The van der Waals surface area contributed by atoms with Crippen LogP contribution in [0.15, 0.2) is 47.4 Å². The number of nitrogens with one attached hydrogen (secondary N) is 1. The molecule has 0 bridgehead atoms. The van der Waals surface area contributed by atoms with Crippen molar-refractivity contribution in [2.45, 2.75) is 0 Å². The first-order valence-corrected chi connectivity index (χ1v) is 7.18. The highest BCUT2D eigenvalue weighted by Crippen LogP contribution is 2.37. The Kier molecular flexibility index (Phi) is 2.52. The zero-order valence-corrected chi connectivity index (χ0v) is 11.6. The minimum atomic E-state index is -0.166. The van der Waals surface area contributed by atoms with Crippen LogP contribution >= 0.6 is 11.3 Å². The monoisotopic (exact) mass is 294 g/mol. The fraction of sp³-hybridized carbons (Fsp3) is 0. The highest BCUT2D eigenvalue weighted by molar-refractivity contribution is 7.22. The van der Waals surface area contributed by atoms with E-state index in [1.54, 1.807) is 12.3 Å². The van der Waals surface area contributed by atoms with Crippen LogP contribution in [0.4, 0.5) is 5.69 Å². The van der Waals surface area contributed by atoms with E-state index in [4.69, 9.17) is 5.73 Å². The Morgan fingerprint density at radius 3 is 2.76 bits per heavy atom. The number of H-pyrrole nitrogens is 1. The molecule has 4 aromatic rings. The summed E-state index contributed by atoms with van der Waals surface area (Å²) in [5.74, 6) is 0.485. The van der Waals surface area contributed by atoms with E-state index in [1.165, 1.54) is 11.3 Å². The predicted molar refractivity (Wildman–Crippen MR) is 85.4 cm³/mol. The summed E-state index contributed by atoms with van der Waals surface area (Å²) in [6.07, 6.45) is 1.72. The molecule has 3 heterocycles. The van der Waals surface area contributed by atoms with Gasteiger partial charge >= 0.3 is 0 Å². The molecule has 21 heavy (non-hydrogen) atoms. The third kappa shape index (κ3) is 1.80. The van der Waals surface area contributed by atoms with E-state index in [1.807, 2.05) is 30.3 Å². The number of fused-ring (bicyclic) bond motifs is 2. The van der Waals surface area contributed by atoms with Crippen LogP contribution in [0.1, 0.15) is 0 Å². The molecular weight excluding hydrogens is 284 g/mol. The standard InChI is InChI=1S/C15H10N4OS/c16-11-9-5-3-7-17-15(9)21-12(11)13-18-10-6-2-1-4-8(10)14(20)19-13/h1-7H,16H2,(H,18,19,20). The molecule has 0 saturated heterocycles. The second kappa shape index (κ2) is 4.39. The molecule has 0 saturated carbocycles. The number of pyridine rings is 1. The Bertz CT molecular complexity index is 1030. The Morgan fingerprint density at radius 1 is 1.10 bits per heavy atom. The van der Waals surface area contributed by atoms with Crippen molar-refractivity contribution in [3.05, 3.63) is 52.9 Å². The summed E-state index contributed by atoms with van der Waals surface area (Å²) in [6.45, 7) is 0. The van der Waals surface area contributed by atoms with Gasteiger partial charge in [0.25, 0.3) is 5.56 Å². The minimum absolute atomic E-state index is 0.166. The SMILES string of the molecule is Nc1c(-c2nc3ccccc3c(=O)[nH]2)sc2ncccc12. The maximum atomic E-state index is 12.2. The quantitative estimate of drug-likeness (QED) is 0.565. The van der Waals surface area contributed by atoms with Crippen LogP contribution in [0.25, 0.3) is 31.8 Å². The lowest BCUT2D eigenvalue weighted by Gasteiger charge is -2.01. The second-order valence-electron chi connectivity index (χ2n) is 4.63. The van der Waals surface area contributed by atoms with E-state index in [0.717, 1.165) is 15.1 Å². The lowest BCUT2D eigenvalue weighted by molar-refractivity contribution is 1.19. The molecule has 3 N–H and O–H groups in total. The summed E-state index contributed by atoms with van der Waals surface area (Å²) in [4.78, 5) is 25.3. The summed E-state index contributed by atoms with van der Waals surface area (Å²) in [7, 11) is 0. The van der Waals surface area contributed by atoms with Gasteiger partial charge in [0.2, 0.25) is 0 Å². The molecule has 0 aliphatic carbocycles. The summed E-state index contributed by atoms with van der Waals surface area (Å²) >= 11 is 1.43. The van der Waals surface area contributed by atoms with Gasteiger partial charge in [0.05, 0.1) is 21.5 Å². The lowest BCUT2D eigenvalue weighted by atomic mass is 10.2. The molecule has 4 rings (SSSR count). The number of thiophene rings is 1. The fourth-order valence-corrected chi connectivity index (χ4v) is 3.33. The molecule has 0 unspecified atom stereocenters. The number of nitrogens with two attached hydrogens (primary N) is 1. The number of aromatic amines is 1. The number of anilines is 1. The second-order valence-corrected chi connectivity index (χ2v) is 5.63. The van der Waals surface area contributed by atoms with Crippen molar-refractivity contribution in [3.63, 3.8) is 0 Å². The molecule has 5 nitrogen and oxygen atoms in total. The highest BCUT2D eigenvalue weighted by atomic mass is 32.1. The van der Waals surface area contributed by atoms with Gasteiger partial charge < -0.3 is 10.7 Å². The maximum absolute atomic E-state index is 12.2. The van der Waals surface area contributed by atoms with Gasteiger partial charge in [-0.15, -0.1) is 11.3 Å². The summed E-state index contributed by atoms with van der Waals surface area (Å²) in [5.41, 5.74) is 7.26. The zero-order valence-electron chi connectivity index (χ0n) is 10.8. The van der Waals surface area contributed by atoms with Crippen molar-refractivity contribution < 1.29 is 0 Å². The van der Waals surface area contributed by atoms with E-state index < -0.39 is 0 Å². The van der Waals surface area contributed by atoms with E-state index in [2.05, 4.69) is 15.0 Å². The first-order chi connectivity index (χ1) is 10.2. The van der Waals surface area contributed by atoms with Gasteiger partial charge in [0.15, 0.2) is 5.82 Å². The van der Waals surface area contributed by atoms with Crippen LogP contribution in [0.2, 0.25) is 0 Å². The first-order valence-electron chi connectivity index (χ1n) is 6.36. The number of rotatable bonds is 1. The average Bonchev–Trinajstić information content (AvgIpc) is 2.85. The largest absolute Gasteiger partial charge is 0.397 e. The van der Waals surface area contributed by atoms with Crippen molar-refractivity contribution in [2.24, 2.45) is 0 Å². The molecule has 3 aromatic heterocycles. The van der Waals surface area contributed by atoms with Gasteiger partial charge in [-0.2, -0.15) is 0 Å². The molecule has 0 radical (unpaired) electrons. The molecule has 0 aliphatic heterocycles. The van der Waals surface area contributed by atoms with Crippen molar-refractivity contribution in [1.29, 1.82) is 0 Å². The predicted octanol–water partition coefficient (Wildman–Crippen LogP) is 2.78. The number of hydrogen-bond acceptors (Lipinski definition) is 5. The Morgan fingerprint density at radius 2 is 1.90 bits per heavy atom. The zero-order chi connectivity index (χ0) is 14.4. The molecule has 6 heteroatoms. The van der Waals surface area contributed by atoms with Crippen LogP contribution in [0.3, 0.4) is 0 Å². The molecule has 0 atom stereocenters. The molecular formula is C15H10N4OS. The van der Waals surface area contributed by atoms with Crippen molar-refractivity contribution in [3.8, 4) is 10.7 Å². The third-order valence-corrected chi connectivity index (χ3v) is 4.47. The van der Waals surface area contributed by atoms with Crippen molar-refractivity contribution in [2.75, 3.05) is 5.73 Å². The van der Waals surface area contributed by atoms with Gasteiger partial charge in [-0.05, 0) is 24.3 Å². The van der Waals surface area contributed by atoms with Gasteiger partial charge in [0, 0.05) is 11.6 Å². The topological polar surface area (TPSA) is 84.7 Å². The normalized spacial score (nSPS) is 11.2. The van der Waals surface area contributed by atoms with Crippen LogP contribution in [0, 0.1) is 0 Å². The maximum Gasteiger partial charge on any atom is 0.259 e. The Labute approximate surface area is 123 Å². The van der Waals surface area contributed by atoms with Crippen LogP contribution in [0.5, 0.6) is 0 Å². The number of aromatic nitrogens is 3. The van der Waals surface area contributed by atoms with E-state index in [-0.39, 0.29) is 5.56 Å². The number of hydrogen-bond donors (Lipinski definition) is 2. The fourth-order valence-electron chi connectivity index (χ4n) is 2.32. The van der Waals surface area contributed by atoms with Gasteiger partial charge in [0.1, 0.15) is 4.83 Å². The summed E-state index contributed by atoms with van der Waals surface area (Å²) in [6, 6.07) is 11.0. The molecule has 0 aliphatic rings. The number of nitrogens with zero attached hydrogens (tertiary/aromatic N) is 2. The summed E-state index contributed by atoms with van der Waals surface area (Å²) in [5, 5.41) is 1.45. The molecule has 0 spiro atoms. The highest BCUT2D eigenvalue weighted by Gasteiger charge is 2.14. The average molecular weight is 294 g/mol. The van der Waals surface area contributed by atoms with Crippen LogP contribution in [-0.4, -0.2) is 15.0 Å². The number of nitrogen functional groups attached to an aromatic ring is 1. The van der Waals surface area contributed by atoms with E-state index in [0.29, 0.717) is 22.4 Å². The van der Waals surface area contributed by atoms with Gasteiger partial charge in [-0.1, -0.05) is 12.1 Å².